The molecule has 3 heterocycles. The molecule has 4 heteroatoms. The Balaban J connectivity index is 1.46. The number of piperidine rings is 1. The first-order valence-electron chi connectivity index (χ1n) is 14.2. The summed E-state index contributed by atoms with van der Waals surface area (Å²) in [4.78, 5) is 15.7. The van der Waals surface area contributed by atoms with Crippen molar-refractivity contribution in [3.8, 4) is 11.3 Å². The summed E-state index contributed by atoms with van der Waals surface area (Å²) >= 11 is 0. The number of carbonyl (C=O) groups is 1. The van der Waals surface area contributed by atoms with Gasteiger partial charge in [0.15, 0.2) is 5.78 Å². The second-order valence-electron chi connectivity index (χ2n) is 11.0. The first kappa shape index (κ1) is 23.5. The van der Waals surface area contributed by atoms with E-state index in [1.165, 1.54) is 79.1 Å². The third kappa shape index (κ3) is 4.30. The zero-order valence-corrected chi connectivity index (χ0v) is 21.5. The first-order chi connectivity index (χ1) is 17.7. The van der Waals surface area contributed by atoms with Crippen LogP contribution in [0.4, 0.5) is 5.69 Å². The third-order valence-corrected chi connectivity index (χ3v) is 8.68. The Kier molecular flexibility index (Phi) is 6.71. The minimum absolute atomic E-state index is 0.155. The fraction of sp³-hybridized carbons (Fsp3) is 0.469. The predicted octanol–water partition coefficient (Wildman–Crippen LogP) is 7.24. The van der Waals surface area contributed by atoms with E-state index in [1.807, 2.05) is 0 Å². The van der Waals surface area contributed by atoms with E-state index in [9.17, 15) is 4.79 Å². The van der Waals surface area contributed by atoms with Crippen LogP contribution in [0.2, 0.25) is 0 Å². The zero-order chi connectivity index (χ0) is 24.5. The van der Waals surface area contributed by atoms with Crippen LogP contribution in [0.25, 0.3) is 27.7 Å². The first-order valence-corrected chi connectivity index (χ1v) is 14.2. The summed E-state index contributed by atoms with van der Waals surface area (Å²) in [5, 5.41) is 5.16. The van der Waals surface area contributed by atoms with Gasteiger partial charge in [-0.2, -0.15) is 0 Å². The van der Waals surface area contributed by atoms with Gasteiger partial charge in [-0.15, -0.1) is 0 Å². The number of benzene rings is 2. The van der Waals surface area contributed by atoms with Crippen LogP contribution in [-0.2, 0) is 11.3 Å². The lowest BCUT2D eigenvalue weighted by molar-refractivity contribution is -0.115. The second-order valence-corrected chi connectivity index (χ2v) is 11.0. The topological polar surface area (TPSA) is 37.3 Å². The second kappa shape index (κ2) is 10.3. The van der Waals surface area contributed by atoms with Gasteiger partial charge in [0, 0.05) is 40.7 Å². The lowest BCUT2D eigenvalue weighted by Gasteiger charge is -2.28. The molecule has 6 rings (SSSR count). The number of nitrogens with zero attached hydrogens (tertiary/aromatic N) is 2. The molecule has 188 valence electrons. The van der Waals surface area contributed by atoms with E-state index >= 15 is 0 Å². The van der Waals surface area contributed by atoms with E-state index in [0.717, 1.165) is 43.9 Å². The van der Waals surface area contributed by atoms with Gasteiger partial charge in [-0.25, -0.2) is 0 Å². The standard InChI is InChI=1S/C32H39N3O/c1-23(29(36)22-34-19-8-3-9-20-34)25-15-10-16-27-31(25)33-18-11-21-35-28-17-7-6-14-26(28)30(32(27)35)24-12-4-2-5-13-24/h6-7,10,14-17,24,33H,1-5,8-9,11-13,18-22H2. The molecule has 0 unspecified atom stereocenters. The van der Waals surface area contributed by atoms with Crippen LogP contribution in [0.5, 0.6) is 0 Å². The fourth-order valence-electron chi connectivity index (χ4n) is 6.87. The summed E-state index contributed by atoms with van der Waals surface area (Å²) in [6, 6.07) is 15.5. The smallest absolute Gasteiger partial charge is 0.176 e. The fourth-order valence-corrected chi connectivity index (χ4v) is 6.87. The average Bonchev–Trinajstić information content (AvgIpc) is 3.23. The lowest BCUT2D eigenvalue weighted by Crippen LogP contribution is -2.34. The number of fused-ring (bicyclic) bond motifs is 5. The lowest BCUT2D eigenvalue weighted by atomic mass is 9.81. The van der Waals surface area contributed by atoms with E-state index in [1.54, 1.807) is 0 Å². The van der Waals surface area contributed by atoms with Gasteiger partial charge in [0.05, 0.1) is 17.9 Å². The number of hydrogen-bond acceptors (Lipinski definition) is 3. The molecule has 1 N–H and O–H groups in total. The molecule has 4 nitrogen and oxygen atoms in total. The van der Waals surface area contributed by atoms with Crippen LogP contribution in [0, 0.1) is 0 Å². The quantitative estimate of drug-likeness (QED) is 0.390. The van der Waals surface area contributed by atoms with E-state index in [-0.39, 0.29) is 5.78 Å². The SMILES string of the molecule is C=C(C(=O)CN1CCCCC1)c1cccc2c1NCCCn1c-2c(C2CCCCC2)c2ccccc21. The summed E-state index contributed by atoms with van der Waals surface area (Å²) in [6.07, 6.45) is 11.2. The van der Waals surface area contributed by atoms with E-state index < -0.39 is 0 Å². The number of aryl methyl sites for hydroxylation is 1. The Morgan fingerprint density at radius 3 is 2.50 bits per heavy atom. The monoisotopic (exact) mass is 481 g/mol. The highest BCUT2D eigenvalue weighted by molar-refractivity contribution is 6.23. The Bertz CT molecular complexity index is 1270. The van der Waals surface area contributed by atoms with Crippen molar-refractivity contribution in [2.75, 3.05) is 31.5 Å². The van der Waals surface area contributed by atoms with Gasteiger partial charge in [0.25, 0.3) is 0 Å². The molecule has 1 saturated heterocycles. The molecule has 0 radical (unpaired) electrons. The van der Waals surface area contributed by atoms with E-state index in [4.69, 9.17) is 0 Å². The van der Waals surface area contributed by atoms with Crippen LogP contribution in [0.15, 0.2) is 49.0 Å². The number of likely N-dealkylation sites (tertiary alicyclic amines) is 1. The van der Waals surface area contributed by atoms with Crippen molar-refractivity contribution in [1.82, 2.24) is 9.47 Å². The van der Waals surface area contributed by atoms with Crippen molar-refractivity contribution in [2.45, 2.75) is 70.3 Å². The van der Waals surface area contributed by atoms with Crippen LogP contribution in [0.3, 0.4) is 0 Å². The van der Waals surface area contributed by atoms with Gasteiger partial charge in [-0.1, -0.05) is 68.7 Å². The van der Waals surface area contributed by atoms with Gasteiger partial charge in [-0.3, -0.25) is 9.69 Å². The largest absolute Gasteiger partial charge is 0.384 e. The van der Waals surface area contributed by atoms with E-state index in [0.29, 0.717) is 18.0 Å². The number of aromatic nitrogens is 1. The zero-order valence-electron chi connectivity index (χ0n) is 21.5. The van der Waals surface area contributed by atoms with Crippen molar-refractivity contribution in [1.29, 1.82) is 0 Å². The molecule has 0 atom stereocenters. The molecular weight excluding hydrogens is 442 g/mol. The summed E-state index contributed by atoms with van der Waals surface area (Å²) in [5.41, 5.74) is 8.19. The molecule has 3 aromatic rings. The van der Waals surface area contributed by atoms with Crippen molar-refractivity contribution < 1.29 is 4.79 Å². The van der Waals surface area contributed by atoms with Crippen LogP contribution >= 0.6 is 0 Å². The molecule has 0 spiro atoms. The number of ketones is 1. The molecule has 1 aliphatic carbocycles. The molecule has 0 amide bonds. The number of carbonyl (C=O) groups excluding carboxylic acids is 1. The van der Waals surface area contributed by atoms with Gasteiger partial charge >= 0.3 is 0 Å². The van der Waals surface area contributed by atoms with Crippen LogP contribution in [-0.4, -0.2) is 41.4 Å². The number of Topliss-reactive ketones (excluding diaryl/α,β-unsaturated/α-hetero) is 1. The highest BCUT2D eigenvalue weighted by Crippen LogP contribution is 2.47. The number of hydrogen-bond donors (Lipinski definition) is 1. The Morgan fingerprint density at radius 2 is 1.67 bits per heavy atom. The molecule has 2 aliphatic heterocycles. The molecular formula is C32H39N3O. The maximum absolute atomic E-state index is 13.4. The Hall–Kier alpha value is -2.85. The molecule has 2 fully saturated rings. The average molecular weight is 482 g/mol. The third-order valence-electron chi connectivity index (χ3n) is 8.68. The molecule has 2 aromatic carbocycles. The van der Waals surface area contributed by atoms with Gasteiger partial charge in [-0.05, 0) is 62.7 Å². The van der Waals surface area contributed by atoms with Crippen molar-refractivity contribution >= 4 is 27.9 Å². The summed E-state index contributed by atoms with van der Waals surface area (Å²) in [5.74, 6) is 0.752. The van der Waals surface area contributed by atoms with E-state index in [2.05, 4.69) is 63.8 Å². The Morgan fingerprint density at radius 1 is 0.889 bits per heavy atom. The minimum atomic E-state index is 0.155. The molecule has 0 bridgehead atoms. The normalized spacial score (nSPS) is 19.1. The molecule has 36 heavy (non-hydrogen) atoms. The molecule has 1 aromatic heterocycles. The van der Waals surface area contributed by atoms with Crippen molar-refractivity contribution in [2.24, 2.45) is 0 Å². The summed E-state index contributed by atoms with van der Waals surface area (Å²) in [6.45, 7) is 8.77. The molecule has 3 aliphatic rings. The number of rotatable bonds is 5. The maximum atomic E-state index is 13.4. The van der Waals surface area contributed by atoms with Gasteiger partial charge in [0.1, 0.15) is 0 Å². The number of para-hydroxylation sites is 2. The highest BCUT2D eigenvalue weighted by Gasteiger charge is 2.29. The highest BCUT2D eigenvalue weighted by atomic mass is 16.1. The van der Waals surface area contributed by atoms with Gasteiger partial charge < -0.3 is 9.88 Å². The summed E-state index contributed by atoms with van der Waals surface area (Å²) < 4.78 is 2.57. The van der Waals surface area contributed by atoms with Crippen LogP contribution in [0.1, 0.15) is 74.8 Å². The minimum Gasteiger partial charge on any atom is -0.384 e. The Labute approximate surface area is 215 Å². The predicted molar refractivity (Wildman–Crippen MR) is 151 cm³/mol. The molecule has 1 saturated carbocycles. The van der Waals surface area contributed by atoms with Crippen molar-refractivity contribution in [3.63, 3.8) is 0 Å². The number of nitrogens with one attached hydrogen (secondary N) is 1. The number of anilines is 1. The van der Waals surface area contributed by atoms with Crippen LogP contribution < -0.4 is 5.32 Å². The summed E-state index contributed by atoms with van der Waals surface area (Å²) in [7, 11) is 0. The van der Waals surface area contributed by atoms with Crippen molar-refractivity contribution in [3.05, 3.63) is 60.2 Å². The van der Waals surface area contributed by atoms with Gasteiger partial charge in [0.2, 0.25) is 0 Å². The maximum Gasteiger partial charge on any atom is 0.176 e.